The second kappa shape index (κ2) is 5.10. The number of hydrogen-bond acceptors (Lipinski definition) is 3. The Balaban J connectivity index is 2.12. The summed E-state index contributed by atoms with van der Waals surface area (Å²) in [6.07, 6.45) is 6.59. The zero-order valence-corrected chi connectivity index (χ0v) is 11.3. The monoisotopic (exact) mass is 266 g/mol. The van der Waals surface area contributed by atoms with Crippen LogP contribution in [0.3, 0.4) is 0 Å². The zero-order chi connectivity index (χ0) is 13.2. The number of hydrogen-bond donors (Lipinski definition) is 2. The van der Waals surface area contributed by atoms with Gasteiger partial charge in [-0.15, -0.1) is 0 Å². The van der Waals surface area contributed by atoms with E-state index in [1.54, 1.807) is 6.07 Å². The van der Waals surface area contributed by atoms with Crippen molar-refractivity contribution in [2.45, 2.75) is 38.1 Å². The van der Waals surface area contributed by atoms with Crippen LogP contribution in [-0.2, 0) is 0 Å². The van der Waals surface area contributed by atoms with Gasteiger partial charge in [-0.2, -0.15) is 0 Å². The molecule has 1 aliphatic carbocycles. The van der Waals surface area contributed by atoms with Crippen molar-refractivity contribution in [2.75, 3.05) is 0 Å². The third kappa shape index (κ3) is 2.56. The van der Waals surface area contributed by atoms with Crippen molar-refractivity contribution in [3.05, 3.63) is 24.2 Å². The van der Waals surface area contributed by atoms with Crippen molar-refractivity contribution in [3.8, 4) is 0 Å². The van der Waals surface area contributed by atoms with Crippen molar-refractivity contribution < 1.29 is 9.21 Å². The normalized spacial score (nSPS) is 27.7. The van der Waals surface area contributed by atoms with Gasteiger partial charge < -0.3 is 15.5 Å². The maximum absolute atomic E-state index is 12.1. The predicted molar refractivity (Wildman–Crippen MR) is 73.3 cm³/mol. The first-order valence-electron chi connectivity index (χ1n) is 6.18. The highest BCUT2D eigenvalue weighted by Crippen LogP contribution is 2.32. The molecule has 1 aliphatic rings. The maximum atomic E-state index is 12.1. The van der Waals surface area contributed by atoms with Crippen LogP contribution in [0.4, 0.5) is 0 Å². The minimum atomic E-state index is -0.532. The molecule has 98 valence electrons. The number of carbonyl (C=O) groups is 1. The van der Waals surface area contributed by atoms with Crippen LogP contribution in [0, 0.1) is 5.92 Å². The molecule has 1 fully saturated rings. The van der Waals surface area contributed by atoms with Crippen LogP contribution in [0.25, 0.3) is 0 Å². The molecular weight excluding hydrogens is 248 g/mol. The molecule has 2 rings (SSSR count). The molecule has 0 unspecified atom stereocenters. The maximum Gasteiger partial charge on any atom is 0.255 e. The Labute approximate surface area is 112 Å². The first kappa shape index (κ1) is 13.1. The smallest absolute Gasteiger partial charge is 0.255 e. The third-order valence-corrected chi connectivity index (χ3v) is 4.13. The minimum absolute atomic E-state index is 0.175. The van der Waals surface area contributed by atoms with Crippen molar-refractivity contribution in [3.63, 3.8) is 0 Å². The molecule has 0 saturated heterocycles. The molecule has 3 N–H and O–H groups in total. The van der Waals surface area contributed by atoms with E-state index < -0.39 is 5.54 Å². The van der Waals surface area contributed by atoms with Crippen LogP contribution in [0.2, 0.25) is 0 Å². The van der Waals surface area contributed by atoms with Gasteiger partial charge in [-0.25, -0.2) is 0 Å². The van der Waals surface area contributed by atoms with E-state index in [1.807, 2.05) is 0 Å². The van der Waals surface area contributed by atoms with Gasteiger partial charge in [-0.1, -0.05) is 19.1 Å². The molecule has 4 nitrogen and oxygen atoms in total. The van der Waals surface area contributed by atoms with E-state index in [0.717, 1.165) is 25.7 Å². The summed E-state index contributed by atoms with van der Waals surface area (Å²) in [4.78, 5) is 12.5. The summed E-state index contributed by atoms with van der Waals surface area (Å²) in [5.41, 5.74) is 5.81. The van der Waals surface area contributed by atoms with E-state index in [2.05, 4.69) is 12.2 Å². The van der Waals surface area contributed by atoms with Gasteiger partial charge >= 0.3 is 0 Å². The second-order valence-corrected chi connectivity index (χ2v) is 5.53. The number of thiocarbonyl (C=S) groups is 1. The largest absolute Gasteiger partial charge is 0.472 e. The average Bonchev–Trinajstić information content (AvgIpc) is 2.85. The van der Waals surface area contributed by atoms with Gasteiger partial charge in [-0.3, -0.25) is 4.79 Å². The summed E-state index contributed by atoms with van der Waals surface area (Å²) >= 11 is 5.15. The molecule has 1 amide bonds. The fourth-order valence-electron chi connectivity index (χ4n) is 2.37. The fraction of sp³-hybridized carbons (Fsp3) is 0.538. The van der Waals surface area contributed by atoms with Crippen molar-refractivity contribution in [2.24, 2.45) is 11.7 Å². The van der Waals surface area contributed by atoms with Crippen LogP contribution < -0.4 is 11.1 Å². The lowest BCUT2D eigenvalue weighted by atomic mass is 9.77. The molecule has 0 bridgehead atoms. The lowest BCUT2D eigenvalue weighted by Gasteiger charge is -2.39. The quantitative estimate of drug-likeness (QED) is 0.823. The lowest BCUT2D eigenvalue weighted by molar-refractivity contribution is 0.0900. The molecule has 0 aromatic carbocycles. The molecule has 1 saturated carbocycles. The van der Waals surface area contributed by atoms with Gasteiger partial charge in [-0.05, 0) is 37.7 Å². The second-order valence-electron chi connectivity index (χ2n) is 5.10. The van der Waals surface area contributed by atoms with Crippen molar-refractivity contribution in [1.82, 2.24) is 5.32 Å². The summed E-state index contributed by atoms with van der Waals surface area (Å²) in [6, 6.07) is 1.63. The van der Waals surface area contributed by atoms with Crippen molar-refractivity contribution in [1.29, 1.82) is 0 Å². The van der Waals surface area contributed by atoms with E-state index in [4.69, 9.17) is 22.4 Å². The number of amides is 1. The first-order chi connectivity index (χ1) is 8.53. The first-order valence-corrected chi connectivity index (χ1v) is 6.59. The van der Waals surface area contributed by atoms with Crippen LogP contribution >= 0.6 is 12.2 Å². The number of carbonyl (C=O) groups excluding carboxylic acids is 1. The number of furan rings is 1. The lowest BCUT2D eigenvalue weighted by Crippen LogP contribution is -2.58. The predicted octanol–water partition coefficient (Wildman–Crippen LogP) is 2.24. The Kier molecular flexibility index (Phi) is 3.71. The Morgan fingerprint density at radius 1 is 1.56 bits per heavy atom. The summed E-state index contributed by atoms with van der Waals surface area (Å²) in [5, 5.41) is 2.99. The number of nitrogens with two attached hydrogens (primary N) is 1. The van der Waals surface area contributed by atoms with Gasteiger partial charge in [0.25, 0.3) is 5.91 Å². The molecule has 0 radical (unpaired) electrons. The molecule has 0 spiro atoms. The standard InChI is InChI=1S/C13H18N2O2S/c1-9-2-5-13(6-3-9,12(14)18)15-11(16)10-4-7-17-8-10/h4,7-9H,2-3,5-6H2,1H3,(H2,14,18)(H,15,16). The Hall–Kier alpha value is -1.36. The highest BCUT2D eigenvalue weighted by molar-refractivity contribution is 7.80. The van der Waals surface area contributed by atoms with Gasteiger partial charge in [0, 0.05) is 0 Å². The fourth-order valence-corrected chi connectivity index (χ4v) is 2.63. The van der Waals surface area contributed by atoms with Gasteiger partial charge in [0.2, 0.25) is 0 Å². The highest BCUT2D eigenvalue weighted by Gasteiger charge is 2.38. The van der Waals surface area contributed by atoms with E-state index in [9.17, 15) is 4.79 Å². The molecule has 18 heavy (non-hydrogen) atoms. The Morgan fingerprint density at radius 2 is 2.22 bits per heavy atom. The molecule has 0 aliphatic heterocycles. The number of rotatable bonds is 3. The summed E-state index contributed by atoms with van der Waals surface area (Å²) in [7, 11) is 0. The third-order valence-electron chi connectivity index (χ3n) is 3.74. The van der Waals surface area contributed by atoms with Gasteiger partial charge in [0.15, 0.2) is 0 Å². The highest BCUT2D eigenvalue weighted by atomic mass is 32.1. The molecule has 1 aromatic rings. The van der Waals surface area contributed by atoms with E-state index in [-0.39, 0.29) is 5.91 Å². The average molecular weight is 266 g/mol. The van der Waals surface area contributed by atoms with Gasteiger partial charge in [0.1, 0.15) is 6.26 Å². The summed E-state index contributed by atoms with van der Waals surface area (Å²) in [6.45, 7) is 2.21. The van der Waals surface area contributed by atoms with Crippen LogP contribution in [-0.4, -0.2) is 16.4 Å². The Morgan fingerprint density at radius 3 is 2.72 bits per heavy atom. The van der Waals surface area contributed by atoms with Crippen LogP contribution in [0.5, 0.6) is 0 Å². The zero-order valence-electron chi connectivity index (χ0n) is 10.4. The molecule has 1 heterocycles. The summed E-state index contributed by atoms with van der Waals surface area (Å²) < 4.78 is 4.91. The molecule has 5 heteroatoms. The SMILES string of the molecule is CC1CCC(NC(=O)c2ccoc2)(C(N)=S)CC1. The molecular formula is C13H18N2O2S. The topological polar surface area (TPSA) is 68.3 Å². The van der Waals surface area contributed by atoms with Crippen molar-refractivity contribution >= 4 is 23.1 Å². The molecule has 0 atom stereocenters. The minimum Gasteiger partial charge on any atom is -0.472 e. The van der Waals surface area contributed by atoms with Gasteiger partial charge in [0.05, 0.1) is 22.4 Å². The van der Waals surface area contributed by atoms with E-state index in [1.165, 1.54) is 12.5 Å². The van der Waals surface area contributed by atoms with E-state index in [0.29, 0.717) is 16.5 Å². The summed E-state index contributed by atoms with van der Waals surface area (Å²) in [5.74, 6) is 0.490. The van der Waals surface area contributed by atoms with Crippen LogP contribution in [0.1, 0.15) is 43.0 Å². The van der Waals surface area contributed by atoms with Crippen LogP contribution in [0.15, 0.2) is 23.0 Å². The molecule has 1 aromatic heterocycles. The number of nitrogens with one attached hydrogen (secondary N) is 1. The van der Waals surface area contributed by atoms with E-state index >= 15 is 0 Å². The Bertz CT molecular complexity index is 434.